The van der Waals surface area contributed by atoms with Crippen LogP contribution in [-0.2, 0) is 9.53 Å². The van der Waals surface area contributed by atoms with Gasteiger partial charge in [0, 0.05) is 6.07 Å². The van der Waals surface area contributed by atoms with Gasteiger partial charge in [-0.05, 0) is 38.1 Å². The molecule has 8 nitrogen and oxygen atoms in total. The van der Waals surface area contributed by atoms with Crippen LogP contribution < -0.4 is 15.6 Å². The van der Waals surface area contributed by atoms with E-state index in [1.165, 1.54) is 0 Å². The van der Waals surface area contributed by atoms with Crippen molar-refractivity contribution < 1.29 is 27.8 Å². The molecule has 3 rings (SSSR count). The van der Waals surface area contributed by atoms with E-state index < -0.39 is 35.7 Å². The van der Waals surface area contributed by atoms with Crippen molar-refractivity contribution >= 4 is 17.6 Å². The van der Waals surface area contributed by atoms with Crippen LogP contribution in [0, 0.1) is 18.6 Å². The molecule has 0 aliphatic rings. The average Bonchev–Trinajstić information content (AvgIpc) is 2.75. The van der Waals surface area contributed by atoms with Crippen LogP contribution in [0.1, 0.15) is 23.0 Å². The first-order valence-corrected chi connectivity index (χ1v) is 9.54. The summed E-state index contributed by atoms with van der Waals surface area (Å²) in [6, 6.07) is 10.5. The van der Waals surface area contributed by atoms with Crippen LogP contribution in [0.3, 0.4) is 0 Å². The summed E-state index contributed by atoms with van der Waals surface area (Å²) in [7, 11) is 0. The second-order valence-corrected chi connectivity index (χ2v) is 6.62. The number of nitrogens with one attached hydrogen (secondary N) is 1. The quantitative estimate of drug-likeness (QED) is 0.564. The second kappa shape index (κ2) is 9.82. The SMILES string of the molecule is CCOC(=O)c1nn(-c2ccc(C)cc2)c(=O)cc1OCC(=O)Nc1ccc(F)cc1F. The number of nitrogens with zero attached hydrogens (tertiary/aromatic N) is 2. The smallest absolute Gasteiger partial charge is 0.362 e. The average molecular weight is 443 g/mol. The molecule has 0 radical (unpaired) electrons. The van der Waals surface area contributed by atoms with Gasteiger partial charge in [0.2, 0.25) is 5.69 Å². The minimum atomic E-state index is -0.965. The standard InChI is InChI=1S/C22H19F2N3O5/c1-3-31-22(30)21-18(11-20(29)27(26-21)15-7-4-13(2)5-8-15)32-12-19(28)25-17-9-6-14(23)10-16(17)24/h4-11H,3,12H2,1-2H3,(H,25,28). The Balaban J connectivity index is 1.85. The molecule has 166 valence electrons. The van der Waals surface area contributed by atoms with E-state index in [9.17, 15) is 23.2 Å². The van der Waals surface area contributed by atoms with Crippen LogP contribution in [0.25, 0.3) is 5.69 Å². The lowest BCUT2D eigenvalue weighted by Gasteiger charge is -2.13. The third-order valence-electron chi connectivity index (χ3n) is 4.21. The van der Waals surface area contributed by atoms with Crippen molar-refractivity contribution in [3.8, 4) is 11.4 Å². The summed E-state index contributed by atoms with van der Waals surface area (Å²) in [5.41, 5.74) is 0.214. The molecule has 0 saturated carbocycles. The number of ether oxygens (including phenoxy) is 2. The van der Waals surface area contributed by atoms with Crippen molar-refractivity contribution in [2.75, 3.05) is 18.5 Å². The van der Waals surface area contributed by atoms with Crippen LogP contribution in [0.15, 0.2) is 53.3 Å². The lowest BCUT2D eigenvalue weighted by Crippen LogP contribution is -2.27. The number of anilines is 1. The fourth-order valence-corrected chi connectivity index (χ4v) is 2.68. The third kappa shape index (κ3) is 5.34. The predicted molar refractivity (Wildman–Crippen MR) is 111 cm³/mol. The first-order valence-electron chi connectivity index (χ1n) is 9.54. The number of aryl methyl sites for hydroxylation is 1. The molecule has 1 N–H and O–H groups in total. The van der Waals surface area contributed by atoms with Crippen LogP contribution in [0.2, 0.25) is 0 Å². The Morgan fingerprint density at radius 3 is 2.47 bits per heavy atom. The second-order valence-electron chi connectivity index (χ2n) is 6.62. The minimum absolute atomic E-state index is 0.0495. The molecule has 3 aromatic rings. The Bertz CT molecular complexity index is 1210. The summed E-state index contributed by atoms with van der Waals surface area (Å²) >= 11 is 0. The summed E-state index contributed by atoms with van der Waals surface area (Å²) in [6.45, 7) is 2.86. The highest BCUT2D eigenvalue weighted by molar-refractivity contribution is 5.93. The molecule has 0 saturated heterocycles. The van der Waals surface area contributed by atoms with Crippen molar-refractivity contribution in [2.45, 2.75) is 13.8 Å². The Hall–Kier alpha value is -4.08. The van der Waals surface area contributed by atoms with Gasteiger partial charge in [0.25, 0.3) is 11.5 Å². The normalized spacial score (nSPS) is 10.5. The number of hydrogen-bond donors (Lipinski definition) is 1. The summed E-state index contributed by atoms with van der Waals surface area (Å²) < 4.78 is 38.0. The predicted octanol–water partition coefficient (Wildman–Crippen LogP) is 3.01. The maximum absolute atomic E-state index is 13.7. The Labute approximate surface area is 181 Å². The lowest BCUT2D eigenvalue weighted by molar-refractivity contribution is -0.118. The highest BCUT2D eigenvalue weighted by atomic mass is 19.1. The number of esters is 1. The molecular formula is C22H19F2N3O5. The van der Waals surface area contributed by atoms with E-state index in [1.807, 2.05) is 6.92 Å². The Morgan fingerprint density at radius 1 is 1.09 bits per heavy atom. The zero-order valence-electron chi connectivity index (χ0n) is 17.2. The number of benzene rings is 2. The molecule has 0 spiro atoms. The molecule has 10 heteroatoms. The van der Waals surface area contributed by atoms with Crippen LogP contribution in [0.4, 0.5) is 14.5 Å². The number of amides is 1. The highest BCUT2D eigenvalue weighted by Gasteiger charge is 2.21. The van der Waals surface area contributed by atoms with Crippen LogP contribution in [-0.4, -0.2) is 34.9 Å². The van der Waals surface area contributed by atoms with Crippen molar-refractivity contribution in [3.63, 3.8) is 0 Å². The van der Waals surface area contributed by atoms with Crippen molar-refractivity contribution in [1.29, 1.82) is 0 Å². The maximum Gasteiger partial charge on any atom is 0.362 e. The van der Waals surface area contributed by atoms with E-state index in [0.717, 1.165) is 28.4 Å². The van der Waals surface area contributed by atoms with Gasteiger partial charge in [0.05, 0.1) is 24.0 Å². The van der Waals surface area contributed by atoms with Gasteiger partial charge in [-0.3, -0.25) is 9.59 Å². The van der Waals surface area contributed by atoms with Crippen LogP contribution in [0.5, 0.6) is 5.75 Å². The van der Waals surface area contributed by atoms with Crippen molar-refractivity contribution in [3.05, 3.63) is 81.8 Å². The van der Waals surface area contributed by atoms with Gasteiger partial charge in [-0.25, -0.2) is 13.6 Å². The van der Waals surface area contributed by atoms with E-state index in [1.54, 1.807) is 31.2 Å². The fraction of sp³-hybridized carbons (Fsp3) is 0.182. The van der Waals surface area contributed by atoms with E-state index in [2.05, 4.69) is 10.4 Å². The van der Waals surface area contributed by atoms with E-state index in [4.69, 9.17) is 9.47 Å². The number of carbonyl (C=O) groups excluding carboxylic acids is 2. The monoisotopic (exact) mass is 443 g/mol. The molecule has 0 fully saturated rings. The molecule has 2 aromatic carbocycles. The van der Waals surface area contributed by atoms with Gasteiger partial charge in [-0.2, -0.15) is 9.78 Å². The van der Waals surface area contributed by atoms with E-state index in [0.29, 0.717) is 11.8 Å². The maximum atomic E-state index is 13.7. The highest BCUT2D eigenvalue weighted by Crippen LogP contribution is 2.18. The largest absolute Gasteiger partial charge is 0.481 e. The summed E-state index contributed by atoms with van der Waals surface area (Å²) in [4.78, 5) is 37.0. The number of carbonyl (C=O) groups is 2. The van der Waals surface area contributed by atoms with Gasteiger partial charge in [0.15, 0.2) is 12.4 Å². The molecule has 32 heavy (non-hydrogen) atoms. The number of rotatable bonds is 7. The first kappa shape index (κ1) is 22.6. The Kier molecular flexibility index (Phi) is 6.93. The number of aromatic nitrogens is 2. The van der Waals surface area contributed by atoms with E-state index in [-0.39, 0.29) is 23.7 Å². The zero-order chi connectivity index (χ0) is 23.3. The van der Waals surface area contributed by atoms with Crippen LogP contribution >= 0.6 is 0 Å². The van der Waals surface area contributed by atoms with Gasteiger partial charge in [0.1, 0.15) is 11.6 Å². The first-order chi connectivity index (χ1) is 15.3. The summed E-state index contributed by atoms with van der Waals surface area (Å²) in [5, 5.41) is 6.26. The molecule has 1 heterocycles. The molecular weight excluding hydrogens is 424 g/mol. The molecule has 1 amide bonds. The van der Waals surface area contributed by atoms with Gasteiger partial charge < -0.3 is 14.8 Å². The molecule has 0 bridgehead atoms. The minimum Gasteiger partial charge on any atom is -0.481 e. The molecule has 0 atom stereocenters. The van der Waals surface area contributed by atoms with Crippen molar-refractivity contribution in [1.82, 2.24) is 9.78 Å². The number of hydrogen-bond acceptors (Lipinski definition) is 6. The molecule has 0 unspecified atom stereocenters. The van der Waals surface area contributed by atoms with Gasteiger partial charge in [-0.15, -0.1) is 0 Å². The van der Waals surface area contributed by atoms with Crippen molar-refractivity contribution in [2.24, 2.45) is 0 Å². The molecule has 0 aliphatic heterocycles. The topological polar surface area (TPSA) is 99.5 Å². The summed E-state index contributed by atoms with van der Waals surface area (Å²) in [6.07, 6.45) is 0. The van der Waals surface area contributed by atoms with Gasteiger partial charge in [-0.1, -0.05) is 17.7 Å². The zero-order valence-corrected chi connectivity index (χ0v) is 17.2. The third-order valence-corrected chi connectivity index (χ3v) is 4.21. The molecule has 0 aliphatic carbocycles. The summed E-state index contributed by atoms with van der Waals surface area (Å²) in [5.74, 6) is -3.68. The Morgan fingerprint density at radius 2 is 1.81 bits per heavy atom. The fourth-order valence-electron chi connectivity index (χ4n) is 2.68. The van der Waals surface area contributed by atoms with Gasteiger partial charge >= 0.3 is 5.97 Å². The molecule has 1 aromatic heterocycles. The lowest BCUT2D eigenvalue weighted by atomic mass is 10.2. The number of halogens is 2. The van der Waals surface area contributed by atoms with E-state index >= 15 is 0 Å².